The van der Waals surface area contributed by atoms with E-state index in [4.69, 9.17) is 15.0 Å². The average Bonchev–Trinajstić information content (AvgIpc) is 3.73. The summed E-state index contributed by atoms with van der Waals surface area (Å²) < 4.78 is 41.2. The maximum Gasteiger partial charge on any atom is 0.446 e. The van der Waals surface area contributed by atoms with Gasteiger partial charge in [0.15, 0.2) is 0 Å². The summed E-state index contributed by atoms with van der Waals surface area (Å²) in [5.74, 6) is -8.00. The molecule has 6 atom stereocenters. The van der Waals surface area contributed by atoms with Crippen molar-refractivity contribution in [1.82, 2.24) is 42.2 Å². The van der Waals surface area contributed by atoms with Crippen LogP contribution in [0.1, 0.15) is 77.0 Å². The number of carbonyl (C=O) groups is 9. The first-order valence-electron chi connectivity index (χ1n) is 23.4. The maximum atomic E-state index is 14.0. The Kier molecular flexibility index (Phi) is 21.4. The molecule has 4 rings (SSSR count). The first-order valence-corrected chi connectivity index (χ1v) is 24.8. The minimum absolute atomic E-state index is 0.0253. The van der Waals surface area contributed by atoms with Crippen LogP contribution in [0.3, 0.4) is 0 Å². The van der Waals surface area contributed by atoms with Crippen LogP contribution in [0, 0.1) is 0 Å². The van der Waals surface area contributed by atoms with E-state index < -0.39 is 119 Å². The van der Waals surface area contributed by atoms with E-state index in [9.17, 15) is 56.7 Å². The van der Waals surface area contributed by atoms with Gasteiger partial charge in [-0.3, -0.25) is 42.9 Å². The lowest BCUT2D eigenvalue weighted by Crippen LogP contribution is -2.58. The number of fused-ring (bicyclic) bond motifs is 1. The smallest absolute Gasteiger partial charge is 0.446 e. The van der Waals surface area contributed by atoms with Gasteiger partial charge in [0.1, 0.15) is 47.6 Å². The summed E-state index contributed by atoms with van der Waals surface area (Å²) in [6.45, 7) is 7.22. The van der Waals surface area contributed by atoms with Crippen molar-refractivity contribution in [2.24, 2.45) is 5.73 Å². The molecule has 0 aliphatic rings. The number of aromatic nitrogens is 1. The topological polar surface area (TPSA) is 373 Å². The quantitative estimate of drug-likeness (QED) is 0.0371. The van der Waals surface area contributed by atoms with E-state index in [1.54, 1.807) is 81.6 Å². The van der Waals surface area contributed by atoms with Gasteiger partial charge < -0.3 is 62.0 Å². The lowest BCUT2D eigenvalue weighted by atomic mass is 10.0. The number of aliphatic carboxylic acids is 1. The number of nitrogens with one attached hydrogen (secondary N) is 8. The zero-order valence-corrected chi connectivity index (χ0v) is 42.2. The van der Waals surface area contributed by atoms with Gasteiger partial charge >= 0.3 is 22.5 Å². The summed E-state index contributed by atoms with van der Waals surface area (Å²) in [7, 11) is -4.82. The number of carboxylic acid groups (broad SMARTS) is 1. The Hall–Kier alpha value is -8.06. The highest BCUT2D eigenvalue weighted by Crippen LogP contribution is 2.20. The summed E-state index contributed by atoms with van der Waals surface area (Å²) in [6, 6.07) is 12.4. The lowest BCUT2D eigenvalue weighted by Gasteiger charge is -2.25. The second kappa shape index (κ2) is 27.1. The molecule has 3 aromatic carbocycles. The van der Waals surface area contributed by atoms with Crippen LogP contribution in [-0.4, -0.2) is 125 Å². The van der Waals surface area contributed by atoms with Crippen molar-refractivity contribution in [3.8, 4) is 5.75 Å². The molecule has 74 heavy (non-hydrogen) atoms. The maximum absolute atomic E-state index is 14.0. The molecule has 0 fully saturated rings. The van der Waals surface area contributed by atoms with E-state index >= 15 is 0 Å². The van der Waals surface area contributed by atoms with Crippen LogP contribution in [0.2, 0.25) is 0 Å². The Morgan fingerprint density at radius 3 is 1.86 bits per heavy atom. The first kappa shape index (κ1) is 58.5. The van der Waals surface area contributed by atoms with Gasteiger partial charge in [0.2, 0.25) is 41.4 Å². The van der Waals surface area contributed by atoms with Gasteiger partial charge in [0.25, 0.3) is 0 Å². The molecule has 400 valence electrons. The summed E-state index contributed by atoms with van der Waals surface area (Å²) in [5.41, 5.74) is 6.91. The van der Waals surface area contributed by atoms with E-state index in [0.717, 1.165) is 0 Å². The standard InChI is InChI=1S/C49H63N9O15S/c1-6-7-16-35(55-46(66)37(58-48(68)72-49(3,4)5)23-30-18-20-32(21-19-30)73-74(69,70)71)44(64)52-27-40(59)54-38(24-31-26-51-34-17-12-11-15-33(31)34)45(65)53-28(2)43(63)57-39(25-41(60)61)47(67)56-36(42(50)62)22-29-13-9-8-10-14-29/h8-15,17-21,26,28,35-39,51H,6-7,16,22-25,27H2,1-5H3,(H2,50,62)(H,52,64)(H,53,65)(H,54,59)(H,55,66)(H,56,67)(H,57,63)(H,58,68)(H,60,61)(H,69,70,71)/t28-,35-,36-,37-,38-,39-/m0/s1. The van der Waals surface area contributed by atoms with Gasteiger partial charge in [0.05, 0.1) is 13.0 Å². The number of alkyl carbamates (subject to hydrolysis) is 1. The second-order valence-electron chi connectivity index (χ2n) is 18.2. The summed E-state index contributed by atoms with van der Waals surface area (Å²) in [5, 5.41) is 27.6. The largest absolute Gasteiger partial charge is 0.481 e. The highest BCUT2D eigenvalue weighted by Gasteiger charge is 2.33. The number of ether oxygens (including phenoxy) is 1. The van der Waals surface area contributed by atoms with Gasteiger partial charge in [-0.1, -0.05) is 80.4 Å². The molecule has 24 nitrogen and oxygen atoms in total. The molecular weight excluding hydrogens is 987 g/mol. The van der Waals surface area contributed by atoms with E-state index in [-0.39, 0.29) is 31.4 Å². The van der Waals surface area contributed by atoms with Crippen LogP contribution in [0.4, 0.5) is 4.79 Å². The Bertz CT molecular complexity index is 2750. The molecule has 0 saturated heterocycles. The summed E-state index contributed by atoms with van der Waals surface area (Å²) >= 11 is 0. The Labute approximate surface area is 427 Å². The number of unbranched alkanes of at least 4 members (excludes halogenated alkanes) is 1. The lowest BCUT2D eigenvalue weighted by molar-refractivity contribution is -0.141. The van der Waals surface area contributed by atoms with Crippen LogP contribution < -0.4 is 47.1 Å². The molecule has 0 unspecified atom stereocenters. The van der Waals surface area contributed by atoms with Crippen LogP contribution >= 0.6 is 0 Å². The number of aromatic amines is 1. The molecule has 0 spiro atoms. The fourth-order valence-corrected chi connectivity index (χ4v) is 7.67. The molecule has 1 aromatic heterocycles. The first-order chi connectivity index (χ1) is 34.8. The van der Waals surface area contributed by atoms with Gasteiger partial charge in [-0.25, -0.2) is 4.79 Å². The zero-order valence-electron chi connectivity index (χ0n) is 41.4. The predicted octanol–water partition coefficient (Wildman–Crippen LogP) is 0.981. The van der Waals surface area contributed by atoms with Crippen LogP contribution in [0.5, 0.6) is 5.75 Å². The molecule has 0 bridgehead atoms. The number of carbonyl (C=O) groups excluding carboxylic acids is 8. The third kappa shape index (κ3) is 19.9. The van der Waals surface area contributed by atoms with Crippen molar-refractivity contribution < 1.29 is 70.1 Å². The van der Waals surface area contributed by atoms with Crippen molar-refractivity contribution in [2.75, 3.05) is 6.54 Å². The van der Waals surface area contributed by atoms with Crippen molar-refractivity contribution in [3.05, 3.63) is 102 Å². The predicted molar refractivity (Wildman–Crippen MR) is 267 cm³/mol. The number of hydrogen-bond acceptors (Lipinski definition) is 13. The monoisotopic (exact) mass is 1050 g/mol. The van der Waals surface area contributed by atoms with E-state index in [0.29, 0.717) is 40.4 Å². The number of benzene rings is 3. The molecule has 0 radical (unpaired) electrons. The molecule has 25 heteroatoms. The fraction of sp³-hybridized carbons (Fsp3) is 0.408. The van der Waals surface area contributed by atoms with Crippen molar-refractivity contribution in [1.29, 1.82) is 0 Å². The summed E-state index contributed by atoms with van der Waals surface area (Å²) in [4.78, 5) is 122. The van der Waals surface area contributed by atoms with Crippen LogP contribution in [-0.2, 0) is 72.8 Å². The SMILES string of the molecule is CCCC[C@H](NC(=O)[C@H](Cc1ccc(OS(=O)(=O)O)cc1)NC(=O)OC(C)(C)C)C(=O)NCC(=O)N[C@@H](Cc1c[nH]c2ccccc12)C(=O)N[C@@H](C)C(=O)N[C@@H](CC(=O)O)C(=O)N[C@@H](Cc1ccccc1)C(N)=O. The number of hydrogen-bond donors (Lipinski definition) is 11. The summed E-state index contributed by atoms with van der Waals surface area (Å²) in [6.07, 6.45) is 0.536. The second-order valence-corrected chi connectivity index (χ2v) is 19.2. The number of amides is 8. The fourth-order valence-electron chi connectivity index (χ4n) is 7.32. The number of carboxylic acids is 1. The molecular formula is C49H63N9O15S. The highest BCUT2D eigenvalue weighted by atomic mass is 32.3. The minimum atomic E-state index is -4.82. The average molecular weight is 1050 g/mol. The van der Waals surface area contributed by atoms with E-state index in [1.807, 2.05) is 6.92 Å². The molecule has 0 aliphatic carbocycles. The number of para-hydroxylation sites is 1. The molecule has 0 saturated carbocycles. The number of nitrogens with two attached hydrogens (primary N) is 1. The van der Waals surface area contributed by atoms with Crippen molar-refractivity contribution in [2.45, 2.75) is 121 Å². The van der Waals surface area contributed by atoms with Gasteiger partial charge in [-0.15, -0.1) is 0 Å². The minimum Gasteiger partial charge on any atom is -0.481 e. The van der Waals surface area contributed by atoms with Gasteiger partial charge in [-0.2, -0.15) is 8.42 Å². The number of H-pyrrole nitrogens is 1. The normalized spacial score (nSPS) is 13.8. The highest BCUT2D eigenvalue weighted by molar-refractivity contribution is 7.81. The van der Waals surface area contributed by atoms with E-state index in [1.165, 1.54) is 31.2 Å². The Morgan fingerprint density at radius 2 is 1.24 bits per heavy atom. The van der Waals surface area contributed by atoms with Crippen molar-refractivity contribution >= 4 is 74.7 Å². The molecule has 12 N–H and O–H groups in total. The number of primary amides is 1. The van der Waals surface area contributed by atoms with Crippen LogP contribution in [0.25, 0.3) is 10.9 Å². The number of rotatable bonds is 27. The molecule has 4 aromatic rings. The molecule has 1 heterocycles. The zero-order chi connectivity index (χ0) is 54.8. The Morgan fingerprint density at radius 1 is 0.676 bits per heavy atom. The van der Waals surface area contributed by atoms with Gasteiger partial charge in [0, 0.05) is 36.4 Å². The molecule has 8 amide bonds. The van der Waals surface area contributed by atoms with Gasteiger partial charge in [-0.05, 0) is 69.0 Å². The van der Waals surface area contributed by atoms with E-state index in [2.05, 4.69) is 46.4 Å². The van der Waals surface area contributed by atoms with Crippen molar-refractivity contribution in [3.63, 3.8) is 0 Å². The van der Waals surface area contributed by atoms with Crippen LogP contribution in [0.15, 0.2) is 85.1 Å². The molecule has 0 aliphatic heterocycles. The Balaban J connectivity index is 1.48. The third-order valence-electron chi connectivity index (χ3n) is 10.9. The third-order valence-corrected chi connectivity index (χ3v) is 11.3.